The van der Waals surface area contributed by atoms with E-state index in [9.17, 15) is 4.39 Å². The highest BCUT2D eigenvalue weighted by Gasteiger charge is 2.11. The fourth-order valence-electron chi connectivity index (χ4n) is 2.25. The van der Waals surface area contributed by atoms with Crippen molar-refractivity contribution in [2.45, 2.75) is 26.3 Å². The van der Waals surface area contributed by atoms with Crippen LogP contribution in [-0.2, 0) is 19.4 Å². The summed E-state index contributed by atoms with van der Waals surface area (Å²) >= 11 is 0. The average molecular weight is 261 g/mol. The Labute approximate surface area is 113 Å². The van der Waals surface area contributed by atoms with Crippen molar-refractivity contribution in [1.82, 2.24) is 9.78 Å². The van der Waals surface area contributed by atoms with Crippen molar-refractivity contribution in [2.75, 3.05) is 6.54 Å². The van der Waals surface area contributed by atoms with E-state index < -0.39 is 0 Å². The van der Waals surface area contributed by atoms with E-state index in [1.165, 1.54) is 11.6 Å². The zero-order valence-corrected chi connectivity index (χ0v) is 11.2. The van der Waals surface area contributed by atoms with E-state index in [4.69, 9.17) is 5.73 Å². The summed E-state index contributed by atoms with van der Waals surface area (Å²) in [7, 11) is 0. The second kappa shape index (κ2) is 6.48. The Morgan fingerprint density at radius 1 is 1.32 bits per heavy atom. The molecule has 2 rings (SSSR count). The van der Waals surface area contributed by atoms with Gasteiger partial charge >= 0.3 is 0 Å². The first-order chi connectivity index (χ1) is 9.21. The molecule has 0 aliphatic rings. The summed E-state index contributed by atoms with van der Waals surface area (Å²) in [6, 6.07) is 6.74. The van der Waals surface area contributed by atoms with Gasteiger partial charge in [-0.1, -0.05) is 12.1 Å². The lowest BCUT2D eigenvalue weighted by Gasteiger charge is -2.13. The molecule has 3 nitrogen and oxygen atoms in total. The number of aryl methyl sites for hydroxylation is 1. The van der Waals surface area contributed by atoms with Crippen LogP contribution in [0.25, 0.3) is 0 Å². The second-order valence-corrected chi connectivity index (χ2v) is 4.84. The standard InChI is InChI=1S/C15H20FN3/c1-2-19-11-14(10-18-19)7-13(9-17)6-12-4-3-5-15(16)8-12/h3-5,8,10-11,13H,2,6-7,9,17H2,1H3. The molecule has 0 saturated heterocycles. The molecule has 1 atom stereocenters. The molecule has 0 amide bonds. The molecule has 1 heterocycles. The minimum atomic E-state index is -0.188. The monoisotopic (exact) mass is 261 g/mol. The van der Waals surface area contributed by atoms with Crippen LogP contribution >= 0.6 is 0 Å². The first-order valence-corrected chi connectivity index (χ1v) is 6.67. The highest BCUT2D eigenvalue weighted by Crippen LogP contribution is 2.14. The van der Waals surface area contributed by atoms with Crippen molar-refractivity contribution in [1.29, 1.82) is 0 Å². The van der Waals surface area contributed by atoms with E-state index in [0.717, 1.165) is 24.9 Å². The van der Waals surface area contributed by atoms with Crippen LogP contribution in [0.3, 0.4) is 0 Å². The minimum Gasteiger partial charge on any atom is -0.330 e. The Morgan fingerprint density at radius 2 is 2.11 bits per heavy atom. The molecule has 0 aliphatic carbocycles. The molecule has 0 radical (unpaired) electrons. The minimum absolute atomic E-state index is 0.188. The number of hydrogen-bond donors (Lipinski definition) is 1. The Hall–Kier alpha value is -1.68. The van der Waals surface area contributed by atoms with Gasteiger partial charge in [0, 0.05) is 12.7 Å². The van der Waals surface area contributed by atoms with E-state index in [-0.39, 0.29) is 5.82 Å². The van der Waals surface area contributed by atoms with Crippen LogP contribution in [-0.4, -0.2) is 16.3 Å². The fraction of sp³-hybridized carbons (Fsp3) is 0.400. The van der Waals surface area contributed by atoms with Gasteiger partial charge in [-0.05, 0) is 55.5 Å². The Bertz CT molecular complexity index is 522. The van der Waals surface area contributed by atoms with Gasteiger partial charge in [0.15, 0.2) is 0 Å². The normalized spacial score (nSPS) is 12.6. The number of benzene rings is 1. The number of nitrogens with two attached hydrogens (primary N) is 1. The van der Waals surface area contributed by atoms with E-state index in [1.54, 1.807) is 12.1 Å². The van der Waals surface area contributed by atoms with Gasteiger partial charge in [0.1, 0.15) is 5.82 Å². The van der Waals surface area contributed by atoms with Crippen LogP contribution in [0.4, 0.5) is 4.39 Å². The predicted octanol–water partition coefficient (Wildman–Crippen LogP) is 2.40. The first kappa shape index (κ1) is 13.7. The van der Waals surface area contributed by atoms with Crippen LogP contribution in [0.2, 0.25) is 0 Å². The van der Waals surface area contributed by atoms with Gasteiger partial charge in [0.25, 0.3) is 0 Å². The SMILES string of the molecule is CCn1cc(CC(CN)Cc2cccc(F)c2)cn1. The molecule has 2 N–H and O–H groups in total. The molecular formula is C15H20FN3. The van der Waals surface area contributed by atoms with Crippen LogP contribution in [0.1, 0.15) is 18.1 Å². The van der Waals surface area contributed by atoms with Crippen LogP contribution in [0, 0.1) is 11.7 Å². The maximum Gasteiger partial charge on any atom is 0.123 e. The lowest BCUT2D eigenvalue weighted by molar-refractivity contribution is 0.530. The zero-order valence-electron chi connectivity index (χ0n) is 11.2. The number of hydrogen-bond acceptors (Lipinski definition) is 2. The highest BCUT2D eigenvalue weighted by molar-refractivity contribution is 5.17. The third-order valence-electron chi connectivity index (χ3n) is 3.28. The molecule has 0 spiro atoms. The molecule has 1 aromatic carbocycles. The van der Waals surface area contributed by atoms with Gasteiger partial charge < -0.3 is 5.73 Å². The molecule has 1 unspecified atom stereocenters. The Morgan fingerprint density at radius 3 is 2.74 bits per heavy atom. The van der Waals surface area contributed by atoms with Crippen molar-refractivity contribution < 1.29 is 4.39 Å². The number of aromatic nitrogens is 2. The molecule has 4 heteroatoms. The Kier molecular flexibility index (Phi) is 4.68. The second-order valence-electron chi connectivity index (χ2n) is 4.84. The largest absolute Gasteiger partial charge is 0.330 e. The van der Waals surface area contributed by atoms with Gasteiger partial charge in [-0.2, -0.15) is 5.10 Å². The fourth-order valence-corrected chi connectivity index (χ4v) is 2.25. The molecule has 0 aliphatic heterocycles. The van der Waals surface area contributed by atoms with Crippen molar-refractivity contribution in [3.63, 3.8) is 0 Å². The third kappa shape index (κ3) is 3.89. The molecule has 0 bridgehead atoms. The quantitative estimate of drug-likeness (QED) is 0.867. The molecule has 102 valence electrons. The van der Waals surface area contributed by atoms with Gasteiger partial charge in [-0.3, -0.25) is 4.68 Å². The molecular weight excluding hydrogens is 241 g/mol. The van der Waals surface area contributed by atoms with Crippen molar-refractivity contribution in [3.8, 4) is 0 Å². The number of nitrogens with zero attached hydrogens (tertiary/aromatic N) is 2. The maximum absolute atomic E-state index is 13.2. The third-order valence-corrected chi connectivity index (χ3v) is 3.28. The summed E-state index contributed by atoms with van der Waals surface area (Å²) in [5.41, 5.74) is 8.01. The smallest absolute Gasteiger partial charge is 0.123 e. The summed E-state index contributed by atoms with van der Waals surface area (Å²) in [5, 5.41) is 4.26. The lowest BCUT2D eigenvalue weighted by atomic mass is 9.94. The zero-order chi connectivity index (χ0) is 13.7. The van der Waals surface area contributed by atoms with Crippen molar-refractivity contribution in [3.05, 3.63) is 53.6 Å². The van der Waals surface area contributed by atoms with Gasteiger partial charge in [0.2, 0.25) is 0 Å². The summed E-state index contributed by atoms with van der Waals surface area (Å²) in [6.07, 6.45) is 5.62. The Balaban J connectivity index is 2.00. The molecule has 1 aromatic heterocycles. The van der Waals surface area contributed by atoms with E-state index in [1.807, 2.05) is 23.1 Å². The predicted molar refractivity (Wildman–Crippen MR) is 74.3 cm³/mol. The summed E-state index contributed by atoms with van der Waals surface area (Å²) in [4.78, 5) is 0. The molecule has 19 heavy (non-hydrogen) atoms. The maximum atomic E-state index is 13.2. The van der Waals surface area contributed by atoms with Crippen molar-refractivity contribution >= 4 is 0 Å². The molecule has 0 saturated carbocycles. The average Bonchev–Trinajstić information content (AvgIpc) is 2.85. The van der Waals surface area contributed by atoms with Gasteiger partial charge in [-0.25, -0.2) is 4.39 Å². The van der Waals surface area contributed by atoms with Crippen LogP contribution < -0.4 is 5.73 Å². The first-order valence-electron chi connectivity index (χ1n) is 6.67. The number of halogens is 1. The van der Waals surface area contributed by atoms with E-state index in [0.29, 0.717) is 12.5 Å². The molecule has 0 fully saturated rings. The van der Waals surface area contributed by atoms with Crippen LogP contribution in [0.15, 0.2) is 36.7 Å². The highest BCUT2D eigenvalue weighted by atomic mass is 19.1. The van der Waals surface area contributed by atoms with Crippen molar-refractivity contribution in [2.24, 2.45) is 11.7 Å². The summed E-state index contributed by atoms with van der Waals surface area (Å²) < 4.78 is 15.1. The number of rotatable bonds is 6. The molecule has 2 aromatic rings. The van der Waals surface area contributed by atoms with E-state index >= 15 is 0 Å². The van der Waals surface area contributed by atoms with Gasteiger partial charge in [0.05, 0.1) is 6.20 Å². The van der Waals surface area contributed by atoms with Crippen LogP contribution in [0.5, 0.6) is 0 Å². The van der Waals surface area contributed by atoms with Gasteiger partial charge in [-0.15, -0.1) is 0 Å². The summed E-state index contributed by atoms with van der Waals surface area (Å²) in [6.45, 7) is 3.52. The lowest BCUT2D eigenvalue weighted by Crippen LogP contribution is -2.19. The van der Waals surface area contributed by atoms with E-state index in [2.05, 4.69) is 12.0 Å². The topological polar surface area (TPSA) is 43.8 Å². The summed E-state index contributed by atoms with van der Waals surface area (Å²) in [5.74, 6) is 0.128.